The van der Waals surface area contributed by atoms with E-state index in [9.17, 15) is 13.2 Å². The Labute approximate surface area is 125 Å². The lowest BCUT2D eigenvalue weighted by atomic mass is 10.2. The molecule has 1 aliphatic heterocycles. The van der Waals surface area contributed by atoms with Crippen molar-refractivity contribution in [1.82, 2.24) is 4.90 Å². The summed E-state index contributed by atoms with van der Waals surface area (Å²) in [6.45, 7) is 0. The summed E-state index contributed by atoms with van der Waals surface area (Å²) in [5.41, 5.74) is 0. The fraction of sp³-hybridized carbons (Fsp3) is 0.929. The Bertz CT molecular complexity index is 467. The molecule has 3 rings (SSSR count). The molecule has 1 heterocycles. The minimum atomic E-state index is -2.83. The molecule has 1 atom stereocenters. The molecule has 0 N–H and O–H groups in total. The van der Waals surface area contributed by atoms with E-state index in [0.29, 0.717) is 30.0 Å². The maximum Gasteiger partial charge on any atom is 0.233 e. The number of carbonyl (C=O) groups excluding carboxylic acids is 1. The van der Waals surface area contributed by atoms with E-state index >= 15 is 0 Å². The number of sulfone groups is 1. The SMILES string of the molecule is O=C(CS[C@H]1CCS(=O)(=O)C1)N(C1CCCC1)C1CC1. The normalized spacial score (nSPS) is 29.7. The van der Waals surface area contributed by atoms with Gasteiger partial charge >= 0.3 is 0 Å². The highest BCUT2D eigenvalue weighted by Crippen LogP contribution is 2.35. The van der Waals surface area contributed by atoms with Gasteiger partial charge in [0.2, 0.25) is 5.91 Å². The first-order valence-electron chi connectivity index (χ1n) is 7.68. The minimum absolute atomic E-state index is 0.133. The summed E-state index contributed by atoms with van der Waals surface area (Å²) in [6.07, 6.45) is 7.84. The van der Waals surface area contributed by atoms with Gasteiger partial charge in [0, 0.05) is 17.3 Å². The Morgan fingerprint density at radius 2 is 1.70 bits per heavy atom. The molecule has 1 saturated heterocycles. The van der Waals surface area contributed by atoms with Gasteiger partial charge < -0.3 is 4.90 Å². The van der Waals surface area contributed by atoms with Crippen molar-refractivity contribution in [2.24, 2.45) is 0 Å². The maximum absolute atomic E-state index is 12.5. The molecule has 0 aromatic heterocycles. The Balaban J connectivity index is 1.52. The zero-order chi connectivity index (χ0) is 14.2. The van der Waals surface area contributed by atoms with Gasteiger partial charge in [0.25, 0.3) is 0 Å². The smallest absolute Gasteiger partial charge is 0.233 e. The number of hydrogen-bond donors (Lipinski definition) is 0. The molecule has 0 bridgehead atoms. The van der Waals surface area contributed by atoms with Crippen molar-refractivity contribution in [3.63, 3.8) is 0 Å². The summed E-state index contributed by atoms with van der Waals surface area (Å²) < 4.78 is 22.9. The molecule has 0 aromatic rings. The second-order valence-corrected chi connectivity index (χ2v) is 9.82. The summed E-state index contributed by atoms with van der Waals surface area (Å²) >= 11 is 1.56. The molecule has 0 spiro atoms. The van der Waals surface area contributed by atoms with Crippen LogP contribution in [0, 0.1) is 0 Å². The van der Waals surface area contributed by atoms with E-state index in [1.165, 1.54) is 12.8 Å². The van der Waals surface area contributed by atoms with Crippen LogP contribution in [0.1, 0.15) is 44.9 Å². The van der Waals surface area contributed by atoms with Crippen LogP contribution in [-0.4, -0.2) is 53.8 Å². The van der Waals surface area contributed by atoms with Crippen molar-refractivity contribution in [3.8, 4) is 0 Å². The molecule has 2 saturated carbocycles. The highest BCUT2D eigenvalue weighted by molar-refractivity contribution is 8.02. The van der Waals surface area contributed by atoms with E-state index in [1.54, 1.807) is 11.8 Å². The number of amides is 1. The maximum atomic E-state index is 12.5. The highest BCUT2D eigenvalue weighted by Gasteiger charge is 2.38. The zero-order valence-corrected chi connectivity index (χ0v) is 13.4. The van der Waals surface area contributed by atoms with Crippen LogP contribution in [0.4, 0.5) is 0 Å². The summed E-state index contributed by atoms with van der Waals surface area (Å²) in [4.78, 5) is 14.6. The number of rotatable bonds is 5. The number of thioether (sulfide) groups is 1. The molecular weight excluding hydrogens is 294 g/mol. The summed E-state index contributed by atoms with van der Waals surface area (Å²) in [5, 5.41) is 0.133. The van der Waals surface area contributed by atoms with Crippen molar-refractivity contribution >= 4 is 27.5 Å². The lowest BCUT2D eigenvalue weighted by Gasteiger charge is -2.29. The van der Waals surface area contributed by atoms with Crippen LogP contribution in [0.25, 0.3) is 0 Å². The molecule has 0 radical (unpaired) electrons. The van der Waals surface area contributed by atoms with Gasteiger partial charge in [-0.15, -0.1) is 11.8 Å². The average molecular weight is 317 g/mol. The van der Waals surface area contributed by atoms with Crippen LogP contribution >= 0.6 is 11.8 Å². The van der Waals surface area contributed by atoms with Gasteiger partial charge in [-0.3, -0.25) is 4.79 Å². The molecule has 114 valence electrons. The first kappa shape index (κ1) is 14.7. The molecule has 6 heteroatoms. The van der Waals surface area contributed by atoms with E-state index in [1.807, 2.05) is 0 Å². The molecule has 20 heavy (non-hydrogen) atoms. The van der Waals surface area contributed by atoms with Crippen molar-refractivity contribution in [1.29, 1.82) is 0 Å². The molecule has 2 aliphatic carbocycles. The third-order valence-electron chi connectivity index (χ3n) is 4.58. The summed E-state index contributed by atoms with van der Waals surface area (Å²) in [6, 6.07) is 0.946. The van der Waals surface area contributed by atoms with Gasteiger partial charge in [0.05, 0.1) is 17.3 Å². The van der Waals surface area contributed by atoms with Crippen LogP contribution < -0.4 is 0 Å². The van der Waals surface area contributed by atoms with Gasteiger partial charge in [-0.25, -0.2) is 8.42 Å². The van der Waals surface area contributed by atoms with Crippen molar-refractivity contribution in [2.75, 3.05) is 17.3 Å². The van der Waals surface area contributed by atoms with E-state index in [-0.39, 0.29) is 16.9 Å². The van der Waals surface area contributed by atoms with Gasteiger partial charge in [0.15, 0.2) is 9.84 Å². The van der Waals surface area contributed by atoms with Gasteiger partial charge in [-0.05, 0) is 32.1 Å². The second-order valence-electron chi connectivity index (χ2n) is 6.31. The lowest BCUT2D eigenvalue weighted by molar-refractivity contribution is -0.131. The fourth-order valence-electron chi connectivity index (χ4n) is 3.40. The van der Waals surface area contributed by atoms with Gasteiger partial charge in [-0.2, -0.15) is 0 Å². The predicted octanol–water partition coefficient (Wildman–Crippen LogP) is 1.84. The van der Waals surface area contributed by atoms with Crippen LogP contribution in [-0.2, 0) is 14.6 Å². The van der Waals surface area contributed by atoms with Crippen molar-refractivity contribution in [3.05, 3.63) is 0 Å². The molecule has 3 aliphatic rings. The highest BCUT2D eigenvalue weighted by atomic mass is 32.2. The van der Waals surface area contributed by atoms with Crippen LogP contribution in [0.5, 0.6) is 0 Å². The Kier molecular flexibility index (Phi) is 4.32. The van der Waals surface area contributed by atoms with E-state index in [0.717, 1.165) is 25.7 Å². The summed E-state index contributed by atoms with van der Waals surface area (Å²) in [7, 11) is -2.83. The first-order valence-corrected chi connectivity index (χ1v) is 10.6. The standard InChI is InChI=1S/C14H23NO3S2/c16-14(9-19-13-7-8-20(17,18)10-13)15(12-5-6-12)11-3-1-2-4-11/h11-13H,1-10H2/t13-/m0/s1. The molecule has 0 aromatic carbocycles. The fourth-order valence-corrected chi connectivity index (χ4v) is 6.91. The van der Waals surface area contributed by atoms with Crippen LogP contribution in [0.3, 0.4) is 0 Å². The molecule has 4 nitrogen and oxygen atoms in total. The van der Waals surface area contributed by atoms with Crippen LogP contribution in [0.2, 0.25) is 0 Å². The predicted molar refractivity (Wildman–Crippen MR) is 81.6 cm³/mol. The third-order valence-corrected chi connectivity index (χ3v) is 7.85. The second kappa shape index (κ2) is 5.87. The van der Waals surface area contributed by atoms with Gasteiger partial charge in [0.1, 0.15) is 0 Å². The molecular formula is C14H23NO3S2. The zero-order valence-electron chi connectivity index (χ0n) is 11.8. The van der Waals surface area contributed by atoms with Crippen molar-refractivity contribution in [2.45, 2.75) is 62.3 Å². The Hall–Kier alpha value is -0.230. The average Bonchev–Trinajstić information content (AvgIpc) is 2.94. The van der Waals surface area contributed by atoms with Crippen molar-refractivity contribution < 1.29 is 13.2 Å². The van der Waals surface area contributed by atoms with Crippen LogP contribution in [0.15, 0.2) is 0 Å². The minimum Gasteiger partial charge on any atom is -0.336 e. The quantitative estimate of drug-likeness (QED) is 0.776. The number of hydrogen-bond acceptors (Lipinski definition) is 4. The summed E-state index contributed by atoms with van der Waals surface area (Å²) in [5.74, 6) is 1.27. The number of nitrogens with zero attached hydrogens (tertiary/aromatic N) is 1. The number of carbonyl (C=O) groups is 1. The Morgan fingerprint density at radius 3 is 2.25 bits per heavy atom. The van der Waals surface area contributed by atoms with E-state index in [2.05, 4.69) is 4.90 Å². The molecule has 0 unspecified atom stereocenters. The third kappa shape index (κ3) is 3.50. The van der Waals surface area contributed by atoms with E-state index < -0.39 is 9.84 Å². The molecule has 1 amide bonds. The molecule has 3 fully saturated rings. The van der Waals surface area contributed by atoms with E-state index in [4.69, 9.17) is 0 Å². The topological polar surface area (TPSA) is 54.5 Å². The monoisotopic (exact) mass is 317 g/mol. The largest absolute Gasteiger partial charge is 0.336 e. The first-order chi connectivity index (χ1) is 9.55. The van der Waals surface area contributed by atoms with Gasteiger partial charge in [-0.1, -0.05) is 12.8 Å². The lowest BCUT2D eigenvalue weighted by Crippen LogP contribution is -2.41. The Morgan fingerprint density at radius 1 is 1.05 bits per heavy atom.